The largest absolute Gasteiger partial charge is 0.480 e. The lowest BCUT2D eigenvalue weighted by atomic mass is 10.2. The summed E-state index contributed by atoms with van der Waals surface area (Å²) >= 11 is 0. The van der Waals surface area contributed by atoms with Gasteiger partial charge in [-0.1, -0.05) is 37.3 Å². The number of carbonyl (C=O) groups excluding carboxylic acids is 1. The molecule has 3 heterocycles. The van der Waals surface area contributed by atoms with Crippen LogP contribution in [-0.4, -0.2) is 63.7 Å². The first-order valence-corrected chi connectivity index (χ1v) is 12.5. The minimum absolute atomic E-state index is 0.00850. The van der Waals surface area contributed by atoms with Crippen LogP contribution < -0.4 is 11.4 Å². The van der Waals surface area contributed by atoms with Crippen molar-refractivity contribution in [3.8, 4) is 0 Å². The Bertz CT molecular complexity index is 1430. The fraction of sp³-hybridized carbons (Fsp3) is 0.381. The molecule has 12 nitrogen and oxygen atoms in total. The Balaban J connectivity index is 1.96. The normalized spacial score (nSPS) is 17.7. The average molecular weight is 488 g/mol. The summed E-state index contributed by atoms with van der Waals surface area (Å²) < 4.78 is 23.0. The maximum absolute atomic E-state index is 13.5. The molecule has 1 aromatic carbocycles. The Morgan fingerprint density at radius 3 is 2.62 bits per heavy atom. The fourth-order valence-electron chi connectivity index (χ4n) is 4.14. The first kappa shape index (κ1) is 23.4. The smallest absolute Gasteiger partial charge is 0.339 e. The van der Waals surface area contributed by atoms with E-state index in [4.69, 9.17) is 10.5 Å². The zero-order chi connectivity index (χ0) is 24.6. The van der Waals surface area contributed by atoms with Crippen LogP contribution in [0.2, 0.25) is 0 Å². The molecule has 4 rings (SSSR count). The summed E-state index contributed by atoms with van der Waals surface area (Å²) in [5, 5.41) is 9.19. The summed E-state index contributed by atoms with van der Waals surface area (Å²) in [6.07, 6.45) is 1.20. The third-order valence-electron chi connectivity index (χ3n) is 5.72. The number of nitrogens with two attached hydrogens (primary N) is 1. The van der Waals surface area contributed by atoms with Crippen molar-refractivity contribution < 1.29 is 18.9 Å². The number of imidazole rings is 1. The van der Waals surface area contributed by atoms with Gasteiger partial charge in [0.15, 0.2) is 11.5 Å². The summed E-state index contributed by atoms with van der Waals surface area (Å²) in [7, 11) is -3.37. The molecule has 3 aromatic rings. The number of anilines is 1. The molecule has 0 aliphatic carbocycles. The Hall–Kier alpha value is -3.74. The number of carboxylic acids is 1. The van der Waals surface area contributed by atoms with E-state index in [0.717, 1.165) is 15.0 Å². The molecule has 0 radical (unpaired) electrons. The Morgan fingerprint density at radius 1 is 1.26 bits per heavy atom. The molecule has 34 heavy (non-hydrogen) atoms. The number of hydrogen-bond donors (Lipinski definition) is 3. The van der Waals surface area contributed by atoms with Crippen molar-refractivity contribution in [2.24, 2.45) is 0 Å². The number of benzene rings is 1. The molecule has 2 atom stereocenters. The highest BCUT2D eigenvalue weighted by molar-refractivity contribution is 7.92. The number of nitrogen functional groups attached to an aromatic ring is 1. The lowest BCUT2D eigenvalue weighted by Crippen LogP contribution is -2.45. The number of amides is 1. The molecule has 0 spiro atoms. The molecule has 4 N–H and O–H groups in total. The van der Waals surface area contributed by atoms with E-state index in [1.54, 1.807) is 31.2 Å². The monoisotopic (exact) mass is 487 g/mol. The molecular weight excluding hydrogens is 462 g/mol. The number of likely N-dealkylation sites (tertiary alicyclic amines) is 1. The van der Waals surface area contributed by atoms with Gasteiger partial charge in [0.05, 0.1) is 6.54 Å². The highest BCUT2D eigenvalue weighted by Gasteiger charge is 2.37. The van der Waals surface area contributed by atoms with Gasteiger partial charge in [-0.3, -0.25) is 4.57 Å². The predicted octanol–water partition coefficient (Wildman–Crippen LogP) is 1.56. The van der Waals surface area contributed by atoms with Gasteiger partial charge in [-0.05, 0) is 24.8 Å². The maximum Gasteiger partial charge on any atom is 0.339 e. The summed E-state index contributed by atoms with van der Waals surface area (Å²) in [6, 6.07) is 7.07. The molecule has 13 heteroatoms. The molecule has 1 amide bonds. The van der Waals surface area contributed by atoms with Crippen molar-refractivity contribution >= 4 is 38.7 Å². The van der Waals surface area contributed by atoms with Crippen molar-refractivity contribution in [2.75, 3.05) is 18.0 Å². The molecule has 1 fully saturated rings. The number of aromatic nitrogens is 4. The lowest BCUT2D eigenvalue weighted by molar-refractivity contribution is -0.141. The highest BCUT2D eigenvalue weighted by Crippen LogP contribution is 2.24. The Morgan fingerprint density at radius 2 is 1.97 bits per heavy atom. The molecule has 1 aliphatic rings. The van der Waals surface area contributed by atoms with Gasteiger partial charge < -0.3 is 15.7 Å². The molecule has 0 saturated carbocycles. The number of carbonyl (C=O) groups is 2. The van der Waals surface area contributed by atoms with Crippen LogP contribution in [0.15, 0.2) is 40.3 Å². The van der Waals surface area contributed by atoms with E-state index >= 15 is 0 Å². The minimum atomic E-state index is -3.37. The summed E-state index contributed by atoms with van der Waals surface area (Å²) in [5.41, 5.74) is 5.96. The van der Waals surface area contributed by atoms with Crippen LogP contribution in [0.3, 0.4) is 0 Å². The molecule has 1 aliphatic heterocycles. The van der Waals surface area contributed by atoms with Gasteiger partial charge in [-0.15, -0.1) is 0 Å². The fourth-order valence-corrected chi connectivity index (χ4v) is 5.38. The van der Waals surface area contributed by atoms with Crippen LogP contribution >= 0.6 is 0 Å². The Labute approximate surface area is 195 Å². The van der Waals surface area contributed by atoms with Crippen LogP contribution in [0.4, 0.5) is 10.6 Å². The van der Waals surface area contributed by atoms with E-state index in [1.165, 1.54) is 4.57 Å². The van der Waals surface area contributed by atoms with Gasteiger partial charge >= 0.3 is 17.7 Å². The third kappa shape index (κ3) is 4.02. The first-order valence-electron chi connectivity index (χ1n) is 10.8. The highest BCUT2D eigenvalue weighted by atomic mass is 32.2. The van der Waals surface area contributed by atoms with Crippen LogP contribution in [-0.2, 0) is 21.1 Å². The number of fused-ring (bicyclic) bond motifs is 1. The van der Waals surface area contributed by atoms with E-state index in [-0.39, 0.29) is 47.4 Å². The van der Waals surface area contributed by atoms with Crippen LogP contribution in [0, 0.1) is 4.78 Å². The second kappa shape index (κ2) is 8.89. The van der Waals surface area contributed by atoms with E-state index < -0.39 is 33.5 Å². The van der Waals surface area contributed by atoms with Crippen molar-refractivity contribution in [1.29, 1.82) is 4.78 Å². The first-order chi connectivity index (χ1) is 16.2. The lowest BCUT2D eigenvalue weighted by Gasteiger charge is -2.21. The van der Waals surface area contributed by atoms with Gasteiger partial charge in [0, 0.05) is 12.3 Å². The van der Waals surface area contributed by atoms with Crippen LogP contribution in [0.5, 0.6) is 0 Å². The van der Waals surface area contributed by atoms with E-state index in [0.29, 0.717) is 12.8 Å². The number of nitrogens with zero attached hydrogens (tertiary/aromatic N) is 5. The minimum Gasteiger partial charge on any atom is -0.480 e. The molecule has 1 saturated heterocycles. The van der Waals surface area contributed by atoms with Gasteiger partial charge in [0.2, 0.25) is 5.16 Å². The summed E-state index contributed by atoms with van der Waals surface area (Å²) in [4.78, 5) is 47.9. The molecule has 0 bridgehead atoms. The van der Waals surface area contributed by atoms with Crippen molar-refractivity contribution in [3.05, 3.63) is 46.4 Å². The van der Waals surface area contributed by atoms with Gasteiger partial charge in [0.25, 0.3) is 0 Å². The molecule has 2 aromatic heterocycles. The van der Waals surface area contributed by atoms with Crippen molar-refractivity contribution in [3.63, 3.8) is 0 Å². The van der Waals surface area contributed by atoms with Crippen LogP contribution in [0.1, 0.15) is 31.7 Å². The van der Waals surface area contributed by atoms with Crippen molar-refractivity contribution in [1.82, 2.24) is 24.0 Å². The number of aliphatic carboxylic acids is 1. The zero-order valence-electron chi connectivity index (χ0n) is 18.5. The Kier molecular flexibility index (Phi) is 6.13. The third-order valence-corrected chi connectivity index (χ3v) is 7.47. The van der Waals surface area contributed by atoms with Crippen LogP contribution in [0.25, 0.3) is 11.2 Å². The second-order valence-corrected chi connectivity index (χ2v) is 10.2. The predicted molar refractivity (Wildman–Crippen MR) is 124 cm³/mol. The molecular formula is C21H25N7O5S. The van der Waals surface area contributed by atoms with E-state index in [9.17, 15) is 23.7 Å². The SMILES string of the molecule is CCCS(=N)(=O)c1nc(N)c2c(n1)n(Cc1ccccc1)c(=O)n2C(=O)N1CCCC1C(=O)O. The quantitative estimate of drug-likeness (QED) is 0.438. The standard InChI is InChI=1S/C21H25N7O5S/c1-2-11-34(23,33)19-24-16(22)15-17(25-19)27(12-13-7-4-3-5-8-13)21(32)28(15)20(31)26-10-6-9-14(26)18(29)30/h3-5,7-8,14,23H,2,6,9-12H2,1H3,(H,29,30)(H2,22,24,25). The summed E-state index contributed by atoms with van der Waals surface area (Å²) in [5.74, 6) is -1.43. The number of nitrogens with one attached hydrogen (secondary N) is 1. The topological polar surface area (TPSA) is 177 Å². The van der Waals surface area contributed by atoms with Gasteiger partial charge in [0.1, 0.15) is 21.3 Å². The zero-order valence-corrected chi connectivity index (χ0v) is 19.3. The number of carboxylic acid groups (broad SMARTS) is 1. The van der Waals surface area contributed by atoms with Gasteiger partial charge in [-0.25, -0.2) is 32.9 Å². The van der Waals surface area contributed by atoms with Crippen molar-refractivity contribution in [2.45, 2.75) is 43.9 Å². The van der Waals surface area contributed by atoms with Gasteiger partial charge in [-0.2, -0.15) is 4.98 Å². The van der Waals surface area contributed by atoms with E-state index in [1.807, 2.05) is 6.07 Å². The number of rotatable bonds is 6. The van der Waals surface area contributed by atoms with E-state index in [2.05, 4.69) is 9.97 Å². The maximum atomic E-state index is 13.5. The summed E-state index contributed by atoms with van der Waals surface area (Å²) in [6.45, 7) is 1.97. The number of hydrogen-bond acceptors (Lipinski definition) is 8. The average Bonchev–Trinajstić information content (AvgIpc) is 3.38. The molecule has 2 unspecified atom stereocenters. The molecule has 180 valence electrons. The second-order valence-electron chi connectivity index (χ2n) is 8.10.